The lowest BCUT2D eigenvalue weighted by Crippen LogP contribution is -2.33. The van der Waals surface area contributed by atoms with Crippen LogP contribution in [0.1, 0.15) is 26.2 Å². The van der Waals surface area contributed by atoms with E-state index in [4.69, 9.17) is 23.2 Å². The van der Waals surface area contributed by atoms with Gasteiger partial charge in [0, 0.05) is 11.3 Å². The van der Waals surface area contributed by atoms with Crippen molar-refractivity contribution in [3.8, 4) is 0 Å². The van der Waals surface area contributed by atoms with Gasteiger partial charge in [-0.25, -0.2) is 4.98 Å². The van der Waals surface area contributed by atoms with Crippen LogP contribution >= 0.6 is 23.2 Å². The van der Waals surface area contributed by atoms with Crippen LogP contribution in [0, 0.1) is 0 Å². The highest BCUT2D eigenvalue weighted by molar-refractivity contribution is 6.32. The summed E-state index contributed by atoms with van der Waals surface area (Å²) in [5.74, 6) is 0. The molecule has 0 saturated carbocycles. The largest absolute Gasteiger partial charge is 0.281 e. The van der Waals surface area contributed by atoms with Crippen molar-refractivity contribution in [2.24, 2.45) is 4.99 Å². The van der Waals surface area contributed by atoms with Gasteiger partial charge < -0.3 is 0 Å². The van der Waals surface area contributed by atoms with E-state index in [0.29, 0.717) is 16.3 Å². The molecule has 0 saturated heterocycles. The van der Waals surface area contributed by atoms with Gasteiger partial charge in [0.05, 0.1) is 11.4 Å². The van der Waals surface area contributed by atoms with E-state index < -0.39 is 0 Å². The molecule has 0 spiro atoms. The van der Waals surface area contributed by atoms with Gasteiger partial charge in [-0.1, -0.05) is 42.6 Å². The highest BCUT2D eigenvalue weighted by Crippen LogP contribution is 2.10. The van der Waals surface area contributed by atoms with Crippen molar-refractivity contribution in [1.29, 1.82) is 0 Å². The molecule has 15 heavy (non-hydrogen) atoms. The number of halogens is 2. The first kappa shape index (κ1) is 10.9. The normalized spacial score (nSPS) is 19.0. The van der Waals surface area contributed by atoms with E-state index >= 15 is 0 Å². The van der Waals surface area contributed by atoms with Gasteiger partial charge in [-0.05, 0) is 12.8 Å². The fourth-order valence-electron chi connectivity index (χ4n) is 1.80. The van der Waals surface area contributed by atoms with Crippen LogP contribution in [-0.4, -0.2) is 11.0 Å². The number of aromatic nitrogens is 1. The van der Waals surface area contributed by atoms with E-state index in [2.05, 4.69) is 23.0 Å². The average molecular weight is 243 g/mol. The van der Waals surface area contributed by atoms with Gasteiger partial charge >= 0.3 is 0 Å². The van der Waals surface area contributed by atoms with Gasteiger partial charge in [-0.2, -0.15) is 0 Å². The molecule has 0 radical (unpaired) electrons. The summed E-state index contributed by atoms with van der Waals surface area (Å²) in [6, 6.07) is 2.15. The third-order valence-electron chi connectivity index (χ3n) is 2.50. The van der Waals surface area contributed by atoms with Crippen LogP contribution in [0.2, 0.25) is 10.3 Å². The summed E-state index contributed by atoms with van der Waals surface area (Å²) in [5, 5.41) is 2.67. The van der Waals surface area contributed by atoms with E-state index in [1.54, 1.807) is 6.07 Å². The fraction of sp³-hybridized carbons (Fsp3) is 0.455. The monoisotopic (exact) mass is 242 g/mol. The molecule has 1 aliphatic rings. The highest BCUT2D eigenvalue weighted by Gasteiger charge is 2.10. The lowest BCUT2D eigenvalue weighted by Gasteiger charge is -2.12. The lowest BCUT2D eigenvalue weighted by atomic mass is 10.1. The van der Waals surface area contributed by atoms with Crippen LogP contribution in [0.5, 0.6) is 0 Å². The van der Waals surface area contributed by atoms with Gasteiger partial charge in [0.2, 0.25) is 0 Å². The zero-order valence-corrected chi connectivity index (χ0v) is 10.0. The van der Waals surface area contributed by atoms with Crippen LogP contribution in [0.3, 0.4) is 0 Å². The number of pyridine rings is 1. The standard InChI is InChI=1S/C11H12Cl2N2/c1-2-3-7-4-5-8-9(14-7)6-10(12)15-11(8)13/h5-7H,2-4H2,1H3. The average Bonchev–Trinajstić information content (AvgIpc) is 2.17. The maximum Gasteiger partial charge on any atom is 0.139 e. The Morgan fingerprint density at radius 1 is 1.47 bits per heavy atom. The van der Waals surface area contributed by atoms with Crippen molar-refractivity contribution in [2.75, 3.05) is 0 Å². The predicted molar refractivity (Wildman–Crippen MR) is 62.8 cm³/mol. The van der Waals surface area contributed by atoms with Crippen molar-refractivity contribution < 1.29 is 0 Å². The molecule has 1 aliphatic heterocycles. The van der Waals surface area contributed by atoms with E-state index in [1.165, 1.54) is 0 Å². The third kappa shape index (κ3) is 2.32. The molecule has 1 aromatic heterocycles. The molecule has 4 heteroatoms. The van der Waals surface area contributed by atoms with Gasteiger partial charge in [0.25, 0.3) is 0 Å². The molecule has 2 heterocycles. The van der Waals surface area contributed by atoms with Crippen molar-refractivity contribution in [3.63, 3.8) is 0 Å². The molecule has 1 aromatic rings. The predicted octanol–water partition coefficient (Wildman–Crippen LogP) is 2.36. The van der Waals surface area contributed by atoms with Gasteiger partial charge in [0.1, 0.15) is 10.3 Å². The first-order valence-electron chi connectivity index (χ1n) is 5.10. The van der Waals surface area contributed by atoms with Crippen molar-refractivity contribution in [3.05, 3.63) is 26.9 Å². The van der Waals surface area contributed by atoms with Gasteiger partial charge in [-0.15, -0.1) is 0 Å². The van der Waals surface area contributed by atoms with Crippen molar-refractivity contribution in [2.45, 2.75) is 32.2 Å². The topological polar surface area (TPSA) is 25.2 Å². The molecular formula is C11H12Cl2N2. The molecule has 1 unspecified atom stereocenters. The Balaban J connectivity index is 2.51. The zero-order valence-electron chi connectivity index (χ0n) is 8.50. The summed E-state index contributed by atoms with van der Waals surface area (Å²) >= 11 is 11.8. The second-order valence-corrected chi connectivity index (χ2v) is 4.43. The maximum absolute atomic E-state index is 5.99. The number of fused-ring (bicyclic) bond motifs is 1. The Hall–Kier alpha value is -0.600. The van der Waals surface area contributed by atoms with Crippen LogP contribution in [0.25, 0.3) is 6.08 Å². The van der Waals surface area contributed by atoms with Crippen LogP contribution in [0.15, 0.2) is 11.1 Å². The highest BCUT2D eigenvalue weighted by atomic mass is 35.5. The molecule has 0 bridgehead atoms. The van der Waals surface area contributed by atoms with Crippen LogP contribution in [0.4, 0.5) is 0 Å². The summed E-state index contributed by atoms with van der Waals surface area (Å²) in [5.41, 5.74) is 0. The van der Waals surface area contributed by atoms with Crippen molar-refractivity contribution >= 4 is 29.3 Å². The molecular weight excluding hydrogens is 231 g/mol. The number of hydrogen-bond acceptors (Lipinski definition) is 2. The minimum absolute atomic E-state index is 0.372. The Bertz CT molecular complexity index is 482. The third-order valence-corrected chi connectivity index (χ3v) is 2.98. The fourth-order valence-corrected chi connectivity index (χ4v) is 2.29. The first-order chi connectivity index (χ1) is 7.20. The molecule has 2 rings (SSSR count). The second kappa shape index (κ2) is 4.50. The number of hydrogen-bond donors (Lipinski definition) is 0. The summed E-state index contributed by atoms with van der Waals surface area (Å²) in [4.78, 5) is 8.61. The summed E-state index contributed by atoms with van der Waals surface area (Å²) in [7, 11) is 0. The molecule has 80 valence electrons. The molecule has 0 N–H and O–H groups in total. The minimum Gasteiger partial charge on any atom is -0.281 e. The van der Waals surface area contributed by atoms with Gasteiger partial charge in [-0.3, -0.25) is 4.99 Å². The summed E-state index contributed by atoms with van der Waals surface area (Å²) < 4.78 is 0. The summed E-state index contributed by atoms with van der Waals surface area (Å²) in [6.45, 7) is 2.16. The lowest BCUT2D eigenvalue weighted by molar-refractivity contribution is 0.602. The van der Waals surface area contributed by atoms with E-state index in [-0.39, 0.29) is 0 Å². The zero-order chi connectivity index (χ0) is 10.8. The molecule has 0 amide bonds. The minimum atomic E-state index is 0.372. The van der Waals surface area contributed by atoms with Gasteiger partial charge in [0.15, 0.2) is 0 Å². The molecule has 0 fully saturated rings. The second-order valence-electron chi connectivity index (χ2n) is 3.68. The van der Waals surface area contributed by atoms with E-state index in [0.717, 1.165) is 29.8 Å². The SMILES string of the molecule is CCCC1CC=c2c(Cl)nc(Cl)cc2=N1. The number of rotatable bonds is 2. The quantitative estimate of drug-likeness (QED) is 0.732. The van der Waals surface area contributed by atoms with E-state index in [1.807, 2.05) is 0 Å². The van der Waals surface area contributed by atoms with Crippen LogP contribution < -0.4 is 10.6 Å². The maximum atomic E-state index is 5.99. The smallest absolute Gasteiger partial charge is 0.139 e. The Morgan fingerprint density at radius 3 is 3.00 bits per heavy atom. The number of nitrogens with zero attached hydrogens (tertiary/aromatic N) is 2. The van der Waals surface area contributed by atoms with E-state index in [9.17, 15) is 0 Å². The first-order valence-corrected chi connectivity index (χ1v) is 5.86. The van der Waals surface area contributed by atoms with Crippen molar-refractivity contribution in [1.82, 2.24) is 4.98 Å². The molecule has 1 atom stereocenters. The molecule has 2 nitrogen and oxygen atoms in total. The Kier molecular flexibility index (Phi) is 3.27. The molecule has 0 aromatic carbocycles. The molecule has 0 aliphatic carbocycles. The Morgan fingerprint density at radius 2 is 2.27 bits per heavy atom. The van der Waals surface area contributed by atoms with Crippen LogP contribution in [-0.2, 0) is 0 Å². The summed E-state index contributed by atoms with van der Waals surface area (Å²) in [6.07, 6.45) is 5.30. The Labute approximate surface area is 98.6 Å².